The van der Waals surface area contributed by atoms with Crippen LogP contribution in [-0.4, -0.2) is 16.8 Å². The molecule has 1 fully saturated rings. The van der Waals surface area contributed by atoms with Crippen molar-refractivity contribution in [2.45, 2.75) is 45.7 Å². The molecule has 0 spiro atoms. The zero-order valence-electron chi connectivity index (χ0n) is 14.0. The Labute approximate surface area is 141 Å². The van der Waals surface area contributed by atoms with Gasteiger partial charge < -0.3 is 13.7 Å². The molecule has 0 N–H and O–H groups in total. The van der Waals surface area contributed by atoms with Crippen LogP contribution in [0.2, 0.25) is 0 Å². The molecule has 1 saturated carbocycles. The monoisotopic (exact) mass is 323 g/mol. The molecule has 0 saturated heterocycles. The van der Waals surface area contributed by atoms with Crippen molar-refractivity contribution in [3.63, 3.8) is 0 Å². The van der Waals surface area contributed by atoms with Gasteiger partial charge in [0.2, 0.25) is 5.91 Å². The maximum atomic E-state index is 12.9. The first kappa shape index (κ1) is 15.1. The van der Waals surface area contributed by atoms with Crippen molar-refractivity contribution in [2.75, 3.05) is 0 Å². The minimum Gasteiger partial charge on any atom is -0.467 e. The van der Waals surface area contributed by atoms with Gasteiger partial charge in [-0.25, -0.2) is 0 Å². The van der Waals surface area contributed by atoms with E-state index in [-0.39, 0.29) is 5.91 Å². The van der Waals surface area contributed by atoms with Gasteiger partial charge in [0.25, 0.3) is 0 Å². The number of fused-ring (bicyclic) bond motifs is 1. The van der Waals surface area contributed by atoms with Crippen LogP contribution < -0.4 is 0 Å². The summed E-state index contributed by atoms with van der Waals surface area (Å²) in [7, 11) is 0. The number of carbonyl (C=O) groups excluding carboxylic acids is 1. The van der Waals surface area contributed by atoms with Crippen molar-refractivity contribution in [2.24, 2.45) is 0 Å². The third-order valence-electron chi connectivity index (χ3n) is 4.90. The molecule has 4 rings (SSSR count). The molecule has 4 nitrogen and oxygen atoms in total. The molecule has 4 heteroatoms. The van der Waals surface area contributed by atoms with Gasteiger partial charge in [-0.15, -0.1) is 0 Å². The first-order chi connectivity index (χ1) is 11.6. The number of hydrogen-bond acceptors (Lipinski definition) is 3. The van der Waals surface area contributed by atoms with E-state index in [4.69, 9.17) is 8.83 Å². The highest BCUT2D eigenvalue weighted by molar-refractivity contribution is 5.89. The van der Waals surface area contributed by atoms with E-state index in [1.165, 1.54) is 5.56 Å². The Balaban J connectivity index is 1.57. The lowest BCUT2D eigenvalue weighted by Gasteiger charge is -2.21. The van der Waals surface area contributed by atoms with Crippen LogP contribution in [0, 0.1) is 13.8 Å². The molecule has 0 radical (unpaired) electrons. The zero-order chi connectivity index (χ0) is 16.7. The lowest BCUT2D eigenvalue weighted by atomic mass is 10.0. The number of benzene rings is 1. The molecule has 2 heterocycles. The van der Waals surface area contributed by atoms with Crippen LogP contribution in [0.15, 0.2) is 45.6 Å². The van der Waals surface area contributed by atoms with E-state index in [0.29, 0.717) is 19.0 Å². The molecule has 0 bridgehead atoms. The quantitative estimate of drug-likeness (QED) is 0.700. The summed E-state index contributed by atoms with van der Waals surface area (Å²) in [4.78, 5) is 14.8. The average Bonchev–Trinajstić information content (AvgIpc) is 3.12. The van der Waals surface area contributed by atoms with Crippen molar-refractivity contribution >= 4 is 16.9 Å². The Kier molecular flexibility index (Phi) is 3.68. The molecule has 24 heavy (non-hydrogen) atoms. The second-order valence-corrected chi connectivity index (χ2v) is 6.65. The molecule has 0 aliphatic heterocycles. The van der Waals surface area contributed by atoms with Gasteiger partial charge in [-0.1, -0.05) is 12.1 Å². The summed E-state index contributed by atoms with van der Waals surface area (Å²) in [5, 5.41) is 1.04. The molecule has 3 aromatic rings. The number of hydrogen-bond donors (Lipinski definition) is 0. The lowest BCUT2D eigenvalue weighted by molar-refractivity contribution is -0.131. The van der Waals surface area contributed by atoms with E-state index in [0.717, 1.165) is 40.7 Å². The van der Waals surface area contributed by atoms with Gasteiger partial charge in [0, 0.05) is 17.0 Å². The maximum absolute atomic E-state index is 12.9. The summed E-state index contributed by atoms with van der Waals surface area (Å²) in [6.07, 6.45) is 5.91. The molecule has 124 valence electrons. The molecule has 0 atom stereocenters. The van der Waals surface area contributed by atoms with Crippen molar-refractivity contribution < 1.29 is 13.6 Å². The molecule has 1 aliphatic rings. The van der Waals surface area contributed by atoms with Crippen LogP contribution in [-0.2, 0) is 17.8 Å². The fraction of sp³-hybridized carbons (Fsp3) is 0.350. The Morgan fingerprint density at radius 1 is 1.21 bits per heavy atom. The van der Waals surface area contributed by atoms with Crippen LogP contribution in [0.3, 0.4) is 0 Å². The summed E-state index contributed by atoms with van der Waals surface area (Å²) in [5.41, 5.74) is 4.19. The predicted molar refractivity (Wildman–Crippen MR) is 91.7 cm³/mol. The average molecular weight is 323 g/mol. The van der Waals surface area contributed by atoms with Gasteiger partial charge in [-0.2, -0.15) is 0 Å². The van der Waals surface area contributed by atoms with Crippen LogP contribution in [0.25, 0.3) is 11.0 Å². The van der Waals surface area contributed by atoms with Crippen molar-refractivity contribution in [3.8, 4) is 0 Å². The maximum Gasteiger partial charge on any atom is 0.227 e. The van der Waals surface area contributed by atoms with Crippen LogP contribution in [0.5, 0.6) is 0 Å². The first-order valence-corrected chi connectivity index (χ1v) is 8.41. The van der Waals surface area contributed by atoms with Gasteiger partial charge in [-0.05, 0) is 49.9 Å². The van der Waals surface area contributed by atoms with Gasteiger partial charge >= 0.3 is 0 Å². The van der Waals surface area contributed by atoms with E-state index in [1.54, 1.807) is 12.5 Å². The SMILES string of the molecule is Cc1ccc2c(CC(=O)N(Cc3ccco3)C3CC3)coc2c1C. The molecular formula is C20H21NO3. The predicted octanol–water partition coefficient (Wildman–Crippen LogP) is 4.38. The Bertz CT molecular complexity index is 872. The molecule has 1 aliphatic carbocycles. The highest BCUT2D eigenvalue weighted by Gasteiger charge is 2.33. The highest BCUT2D eigenvalue weighted by Crippen LogP contribution is 2.31. The van der Waals surface area contributed by atoms with Crippen LogP contribution >= 0.6 is 0 Å². The lowest BCUT2D eigenvalue weighted by Crippen LogP contribution is -2.33. The number of nitrogens with zero attached hydrogens (tertiary/aromatic N) is 1. The van der Waals surface area contributed by atoms with E-state index in [1.807, 2.05) is 17.0 Å². The van der Waals surface area contributed by atoms with E-state index in [2.05, 4.69) is 26.0 Å². The number of rotatable bonds is 5. The largest absolute Gasteiger partial charge is 0.467 e. The van der Waals surface area contributed by atoms with Gasteiger partial charge in [0.15, 0.2) is 0 Å². The fourth-order valence-electron chi connectivity index (χ4n) is 3.17. The van der Waals surface area contributed by atoms with Crippen molar-refractivity contribution in [1.82, 2.24) is 4.90 Å². The van der Waals surface area contributed by atoms with E-state index >= 15 is 0 Å². The molecule has 1 aromatic carbocycles. The van der Waals surface area contributed by atoms with E-state index in [9.17, 15) is 4.79 Å². The zero-order valence-corrected chi connectivity index (χ0v) is 14.0. The van der Waals surface area contributed by atoms with Gasteiger partial charge in [-0.3, -0.25) is 4.79 Å². The molecular weight excluding hydrogens is 302 g/mol. The summed E-state index contributed by atoms with van der Waals surface area (Å²) in [5.74, 6) is 0.966. The number of furan rings is 2. The molecule has 2 aromatic heterocycles. The van der Waals surface area contributed by atoms with Crippen molar-refractivity contribution in [3.05, 3.63) is 59.2 Å². The first-order valence-electron chi connectivity index (χ1n) is 8.41. The number of amides is 1. The summed E-state index contributed by atoms with van der Waals surface area (Å²) < 4.78 is 11.1. The Morgan fingerprint density at radius 3 is 2.75 bits per heavy atom. The Hall–Kier alpha value is -2.49. The van der Waals surface area contributed by atoms with Gasteiger partial charge in [0.05, 0.1) is 25.5 Å². The highest BCUT2D eigenvalue weighted by atomic mass is 16.3. The standard InChI is InChI=1S/C20H21NO3/c1-13-5-8-18-15(12-24-20(18)14(13)2)10-19(22)21(16-6-7-16)11-17-4-3-9-23-17/h3-5,8-9,12,16H,6-7,10-11H2,1-2H3. The fourth-order valence-corrected chi connectivity index (χ4v) is 3.17. The summed E-state index contributed by atoms with van der Waals surface area (Å²) in [6.45, 7) is 4.67. The minimum absolute atomic E-state index is 0.134. The van der Waals surface area contributed by atoms with Crippen molar-refractivity contribution in [1.29, 1.82) is 0 Å². The number of aryl methyl sites for hydroxylation is 2. The van der Waals surface area contributed by atoms with Crippen LogP contribution in [0.1, 0.15) is 35.3 Å². The second-order valence-electron chi connectivity index (χ2n) is 6.65. The van der Waals surface area contributed by atoms with Gasteiger partial charge in [0.1, 0.15) is 11.3 Å². The minimum atomic E-state index is 0.134. The summed E-state index contributed by atoms with van der Waals surface area (Å²) >= 11 is 0. The topological polar surface area (TPSA) is 46.6 Å². The summed E-state index contributed by atoms with van der Waals surface area (Å²) in [6, 6.07) is 8.27. The third-order valence-corrected chi connectivity index (χ3v) is 4.90. The normalized spacial score (nSPS) is 14.2. The third kappa shape index (κ3) is 2.73. The number of carbonyl (C=O) groups is 1. The Morgan fingerprint density at radius 2 is 2.04 bits per heavy atom. The smallest absolute Gasteiger partial charge is 0.227 e. The molecule has 1 amide bonds. The van der Waals surface area contributed by atoms with Crippen LogP contribution in [0.4, 0.5) is 0 Å². The second kappa shape index (κ2) is 5.86. The molecule has 0 unspecified atom stereocenters. The van der Waals surface area contributed by atoms with E-state index < -0.39 is 0 Å².